The number of likely N-dealkylation sites (tertiary alicyclic amines) is 1. The number of hydrogen-bond donors (Lipinski definition) is 1. The van der Waals surface area contributed by atoms with E-state index in [1.807, 2.05) is 14.1 Å². The maximum absolute atomic E-state index is 13.7. The van der Waals surface area contributed by atoms with Crippen molar-refractivity contribution in [2.45, 2.75) is 19.4 Å². The van der Waals surface area contributed by atoms with E-state index in [0.29, 0.717) is 46.9 Å². The van der Waals surface area contributed by atoms with Gasteiger partial charge in [-0.2, -0.15) is 0 Å². The van der Waals surface area contributed by atoms with Crippen molar-refractivity contribution in [1.29, 1.82) is 0 Å². The SMILES string of the molecule is COc1ccc(C(=O)C2C(=O)C(=O)N(CCC[NH+](C)C)C2c2ccc(OC)c(OC)c2)c(C)c1. The van der Waals surface area contributed by atoms with Gasteiger partial charge in [0.1, 0.15) is 11.7 Å². The quantitative estimate of drug-likeness (QED) is 0.323. The van der Waals surface area contributed by atoms with E-state index in [9.17, 15) is 14.4 Å². The molecule has 2 aromatic carbocycles. The lowest BCUT2D eigenvalue weighted by Gasteiger charge is -2.28. The van der Waals surface area contributed by atoms with Crippen LogP contribution in [0.25, 0.3) is 0 Å². The third-order valence-corrected chi connectivity index (χ3v) is 6.21. The first kappa shape index (κ1) is 25.2. The number of nitrogens with zero attached hydrogens (tertiary/aromatic N) is 1. The van der Waals surface area contributed by atoms with Gasteiger partial charge in [0, 0.05) is 18.5 Å². The molecule has 2 aromatic rings. The topological polar surface area (TPSA) is 86.6 Å². The van der Waals surface area contributed by atoms with Crippen molar-refractivity contribution in [3.8, 4) is 17.2 Å². The lowest BCUT2D eigenvalue weighted by molar-refractivity contribution is -0.858. The zero-order chi connectivity index (χ0) is 25.0. The Morgan fingerprint density at radius 2 is 1.68 bits per heavy atom. The Kier molecular flexibility index (Phi) is 7.94. The second-order valence-electron chi connectivity index (χ2n) is 8.76. The number of carbonyl (C=O) groups excluding carboxylic acids is 3. The van der Waals surface area contributed by atoms with Crippen LogP contribution in [0.3, 0.4) is 0 Å². The molecule has 1 fully saturated rings. The first-order valence-corrected chi connectivity index (χ1v) is 11.3. The molecule has 0 bridgehead atoms. The normalized spacial score (nSPS) is 17.9. The maximum atomic E-state index is 13.7. The van der Waals surface area contributed by atoms with Gasteiger partial charge >= 0.3 is 0 Å². The van der Waals surface area contributed by atoms with E-state index in [1.165, 1.54) is 24.0 Å². The van der Waals surface area contributed by atoms with Crippen LogP contribution in [0.2, 0.25) is 0 Å². The maximum Gasteiger partial charge on any atom is 0.291 e. The van der Waals surface area contributed by atoms with Gasteiger partial charge in [0.2, 0.25) is 5.78 Å². The van der Waals surface area contributed by atoms with Crippen LogP contribution in [0.4, 0.5) is 0 Å². The van der Waals surface area contributed by atoms with Gasteiger partial charge in [0.25, 0.3) is 5.91 Å². The molecule has 0 spiro atoms. The molecular weight excluding hydrogens is 436 g/mol. The Morgan fingerprint density at radius 3 is 2.26 bits per heavy atom. The van der Waals surface area contributed by atoms with Gasteiger partial charge in [0.05, 0.1) is 48.0 Å². The number of aryl methyl sites for hydroxylation is 1. The second-order valence-corrected chi connectivity index (χ2v) is 8.76. The van der Waals surface area contributed by atoms with Crippen LogP contribution >= 0.6 is 0 Å². The zero-order valence-corrected chi connectivity index (χ0v) is 20.6. The molecule has 1 aliphatic heterocycles. The first-order valence-electron chi connectivity index (χ1n) is 11.3. The summed E-state index contributed by atoms with van der Waals surface area (Å²) in [6.45, 7) is 2.99. The summed E-state index contributed by atoms with van der Waals surface area (Å²) in [5.41, 5.74) is 1.74. The van der Waals surface area contributed by atoms with Crippen LogP contribution in [0.15, 0.2) is 36.4 Å². The smallest absolute Gasteiger partial charge is 0.291 e. The van der Waals surface area contributed by atoms with E-state index in [2.05, 4.69) is 0 Å². The van der Waals surface area contributed by atoms with Crippen molar-refractivity contribution in [3.05, 3.63) is 53.1 Å². The van der Waals surface area contributed by atoms with E-state index < -0.39 is 23.7 Å². The molecular formula is C26H33N2O6+. The molecule has 2 unspecified atom stereocenters. The van der Waals surface area contributed by atoms with Crippen molar-refractivity contribution in [1.82, 2.24) is 4.90 Å². The summed E-state index contributed by atoms with van der Waals surface area (Å²) in [7, 11) is 8.67. The summed E-state index contributed by atoms with van der Waals surface area (Å²) in [6, 6.07) is 9.60. The van der Waals surface area contributed by atoms with E-state index in [0.717, 1.165) is 6.54 Å². The highest BCUT2D eigenvalue weighted by Crippen LogP contribution is 2.41. The number of benzene rings is 2. The predicted molar refractivity (Wildman–Crippen MR) is 127 cm³/mol. The zero-order valence-electron chi connectivity index (χ0n) is 20.6. The van der Waals surface area contributed by atoms with Crippen LogP contribution in [-0.4, -0.2) is 70.9 Å². The molecule has 1 amide bonds. The minimum atomic E-state index is -1.15. The van der Waals surface area contributed by atoms with E-state index >= 15 is 0 Å². The molecule has 0 aromatic heterocycles. The molecule has 0 saturated carbocycles. The largest absolute Gasteiger partial charge is 0.497 e. The fourth-order valence-electron chi connectivity index (χ4n) is 4.45. The summed E-state index contributed by atoms with van der Waals surface area (Å²) >= 11 is 0. The summed E-state index contributed by atoms with van der Waals surface area (Å²) in [5.74, 6) is -1.22. The Hall–Kier alpha value is -3.39. The van der Waals surface area contributed by atoms with Crippen LogP contribution in [0, 0.1) is 12.8 Å². The van der Waals surface area contributed by atoms with E-state index in [-0.39, 0.29) is 5.78 Å². The Balaban J connectivity index is 2.07. The number of hydrogen-bond acceptors (Lipinski definition) is 6. The molecule has 0 radical (unpaired) electrons. The number of methoxy groups -OCH3 is 3. The molecule has 1 saturated heterocycles. The molecule has 182 valence electrons. The molecule has 34 heavy (non-hydrogen) atoms. The van der Waals surface area contributed by atoms with Crippen molar-refractivity contribution in [3.63, 3.8) is 0 Å². The lowest BCUT2D eigenvalue weighted by atomic mass is 9.85. The molecule has 1 heterocycles. The molecule has 1 N–H and O–H groups in total. The molecule has 2 atom stereocenters. The number of Topliss-reactive ketones (excluding diaryl/α,β-unsaturated/α-hetero) is 2. The highest BCUT2D eigenvalue weighted by atomic mass is 16.5. The van der Waals surface area contributed by atoms with E-state index in [4.69, 9.17) is 14.2 Å². The van der Waals surface area contributed by atoms with Gasteiger partial charge in [-0.15, -0.1) is 0 Å². The molecule has 3 rings (SSSR count). The van der Waals surface area contributed by atoms with Crippen LogP contribution < -0.4 is 19.1 Å². The van der Waals surface area contributed by atoms with Gasteiger partial charge in [-0.3, -0.25) is 14.4 Å². The third kappa shape index (κ3) is 4.92. The summed E-state index contributed by atoms with van der Waals surface area (Å²) in [5, 5.41) is 0. The standard InChI is InChI=1S/C26H32N2O6/c1-16-14-18(32-4)9-10-19(16)24(29)22-23(17-8-11-20(33-5)21(15-17)34-6)28(26(31)25(22)30)13-7-12-27(2)3/h8-11,14-15,22-23H,7,12-13H2,1-6H3/p+1. The number of ether oxygens (including phenoxy) is 3. The number of quaternary nitrogens is 1. The van der Waals surface area contributed by atoms with Gasteiger partial charge in [-0.1, -0.05) is 6.07 Å². The van der Waals surface area contributed by atoms with Gasteiger partial charge in [-0.25, -0.2) is 0 Å². The van der Waals surface area contributed by atoms with Crippen LogP contribution in [0.1, 0.15) is 33.9 Å². The number of amides is 1. The average molecular weight is 470 g/mol. The fraction of sp³-hybridized carbons (Fsp3) is 0.423. The summed E-state index contributed by atoms with van der Waals surface area (Å²) < 4.78 is 16.0. The van der Waals surface area contributed by atoms with Crippen LogP contribution in [0.5, 0.6) is 17.2 Å². The lowest BCUT2D eigenvalue weighted by Crippen LogP contribution is -3.05. The minimum absolute atomic E-state index is 0.375. The van der Waals surface area contributed by atoms with Gasteiger partial charge < -0.3 is 24.0 Å². The Labute approximate surface area is 200 Å². The third-order valence-electron chi connectivity index (χ3n) is 6.21. The highest BCUT2D eigenvalue weighted by Gasteiger charge is 2.51. The molecule has 8 heteroatoms. The first-order chi connectivity index (χ1) is 16.2. The highest BCUT2D eigenvalue weighted by molar-refractivity contribution is 6.44. The molecule has 8 nitrogen and oxygen atoms in total. The monoisotopic (exact) mass is 469 g/mol. The van der Waals surface area contributed by atoms with Crippen molar-refractivity contribution in [2.75, 3.05) is 48.5 Å². The number of carbonyl (C=O) groups is 3. The number of ketones is 2. The Morgan fingerprint density at radius 1 is 0.971 bits per heavy atom. The Bertz CT molecular complexity index is 1080. The van der Waals surface area contributed by atoms with E-state index in [1.54, 1.807) is 50.4 Å². The van der Waals surface area contributed by atoms with Crippen molar-refractivity contribution < 1.29 is 33.5 Å². The van der Waals surface area contributed by atoms with Gasteiger partial charge in [0.15, 0.2) is 17.3 Å². The summed E-state index contributed by atoms with van der Waals surface area (Å²) in [6.07, 6.45) is 0.702. The molecule has 0 aliphatic carbocycles. The minimum Gasteiger partial charge on any atom is -0.497 e. The predicted octanol–water partition coefficient (Wildman–Crippen LogP) is 1.51. The fourth-order valence-corrected chi connectivity index (χ4v) is 4.45. The molecule has 1 aliphatic rings. The van der Waals surface area contributed by atoms with Crippen LogP contribution in [-0.2, 0) is 9.59 Å². The second kappa shape index (κ2) is 10.7. The summed E-state index contributed by atoms with van der Waals surface area (Å²) in [4.78, 5) is 42.8. The average Bonchev–Trinajstić information content (AvgIpc) is 3.07. The van der Waals surface area contributed by atoms with Crippen molar-refractivity contribution >= 4 is 17.5 Å². The van der Waals surface area contributed by atoms with Gasteiger partial charge in [-0.05, 0) is 48.4 Å². The van der Waals surface area contributed by atoms with Crippen molar-refractivity contribution in [2.24, 2.45) is 5.92 Å². The number of nitrogens with one attached hydrogen (secondary N) is 1. The number of rotatable bonds is 10.